The normalized spacial score (nSPS) is 22.6. The average Bonchev–Trinajstić information content (AvgIpc) is 2.41. The predicted molar refractivity (Wildman–Crippen MR) is 84.1 cm³/mol. The lowest BCUT2D eigenvalue weighted by Gasteiger charge is -2.29. The van der Waals surface area contributed by atoms with Crippen molar-refractivity contribution in [2.45, 2.75) is 58.4 Å². The fourth-order valence-corrected chi connectivity index (χ4v) is 2.97. The van der Waals surface area contributed by atoms with Crippen molar-refractivity contribution < 1.29 is 4.79 Å². The van der Waals surface area contributed by atoms with Gasteiger partial charge in [-0.2, -0.15) is 0 Å². The number of hydrogen-bond acceptors (Lipinski definition) is 1. The largest absolute Gasteiger partial charge is 0.335 e. The van der Waals surface area contributed by atoms with Gasteiger partial charge in [0, 0.05) is 11.7 Å². The summed E-state index contributed by atoms with van der Waals surface area (Å²) in [5, 5.41) is 6.14. The third-order valence-corrected chi connectivity index (χ3v) is 4.26. The fraction of sp³-hybridized carbons (Fsp3) is 0.588. The van der Waals surface area contributed by atoms with Crippen molar-refractivity contribution >= 4 is 11.7 Å². The number of benzene rings is 1. The van der Waals surface area contributed by atoms with E-state index in [0.717, 1.165) is 12.1 Å². The molecule has 1 aromatic carbocycles. The number of carbonyl (C=O) groups is 1. The van der Waals surface area contributed by atoms with Crippen LogP contribution in [-0.4, -0.2) is 12.1 Å². The van der Waals surface area contributed by atoms with Gasteiger partial charge >= 0.3 is 6.03 Å². The molecule has 1 aliphatic rings. The molecule has 0 spiro atoms. The smallest absolute Gasteiger partial charge is 0.319 e. The maximum absolute atomic E-state index is 12.2. The second-order valence-corrected chi connectivity index (χ2v) is 6.21. The van der Waals surface area contributed by atoms with Crippen molar-refractivity contribution in [3.05, 3.63) is 29.8 Å². The highest BCUT2D eigenvalue weighted by Crippen LogP contribution is 2.25. The van der Waals surface area contributed by atoms with E-state index in [1.54, 1.807) is 0 Å². The molecule has 2 amide bonds. The molecule has 1 aliphatic carbocycles. The van der Waals surface area contributed by atoms with E-state index in [0.29, 0.717) is 17.9 Å². The number of anilines is 1. The maximum atomic E-state index is 12.2. The zero-order chi connectivity index (χ0) is 14.5. The predicted octanol–water partition coefficient (Wildman–Crippen LogP) is 4.51. The Labute approximate surface area is 122 Å². The van der Waals surface area contributed by atoms with E-state index < -0.39 is 0 Å². The standard InChI is InChI=1S/C17H26N2O/c1-12(2)14-9-5-7-11-16(14)19-17(20)18-15-10-6-4-8-13(15)3/h5,7,9,11-13,15H,4,6,8,10H2,1-3H3,(H2,18,19,20)/t13-,15-/m0/s1. The monoisotopic (exact) mass is 274 g/mol. The molecule has 110 valence electrons. The zero-order valence-electron chi connectivity index (χ0n) is 12.8. The first-order valence-electron chi connectivity index (χ1n) is 7.74. The van der Waals surface area contributed by atoms with Gasteiger partial charge in [-0.1, -0.05) is 51.8 Å². The summed E-state index contributed by atoms with van der Waals surface area (Å²) in [6.45, 7) is 6.51. The van der Waals surface area contributed by atoms with Crippen LogP contribution in [0.25, 0.3) is 0 Å². The Hall–Kier alpha value is -1.51. The lowest BCUT2D eigenvalue weighted by atomic mass is 9.86. The Morgan fingerprint density at radius 1 is 1.20 bits per heavy atom. The van der Waals surface area contributed by atoms with E-state index >= 15 is 0 Å². The first-order valence-corrected chi connectivity index (χ1v) is 7.74. The fourth-order valence-electron chi connectivity index (χ4n) is 2.97. The van der Waals surface area contributed by atoms with Crippen LogP contribution in [0.15, 0.2) is 24.3 Å². The molecule has 0 bridgehead atoms. The molecule has 0 aromatic heterocycles. The minimum Gasteiger partial charge on any atom is -0.335 e. The highest BCUT2D eigenvalue weighted by molar-refractivity contribution is 5.90. The summed E-state index contributed by atoms with van der Waals surface area (Å²) in [6.07, 6.45) is 4.82. The summed E-state index contributed by atoms with van der Waals surface area (Å²) in [5.41, 5.74) is 2.10. The summed E-state index contributed by atoms with van der Waals surface area (Å²) in [6, 6.07) is 8.27. The molecule has 0 radical (unpaired) electrons. The molecule has 2 N–H and O–H groups in total. The number of urea groups is 1. The van der Waals surface area contributed by atoms with Crippen molar-refractivity contribution in [1.82, 2.24) is 5.32 Å². The number of amides is 2. The van der Waals surface area contributed by atoms with E-state index in [2.05, 4.69) is 37.5 Å². The van der Waals surface area contributed by atoms with Crippen molar-refractivity contribution in [3.8, 4) is 0 Å². The van der Waals surface area contributed by atoms with Crippen molar-refractivity contribution in [2.24, 2.45) is 5.92 Å². The van der Waals surface area contributed by atoms with Gasteiger partial charge in [0.2, 0.25) is 0 Å². The molecule has 1 aromatic rings. The van der Waals surface area contributed by atoms with Crippen LogP contribution in [-0.2, 0) is 0 Å². The topological polar surface area (TPSA) is 41.1 Å². The molecule has 3 heteroatoms. The Kier molecular flexibility index (Phi) is 5.05. The Morgan fingerprint density at radius 3 is 2.60 bits per heavy atom. The van der Waals surface area contributed by atoms with Gasteiger partial charge in [0.05, 0.1) is 0 Å². The average molecular weight is 274 g/mol. The van der Waals surface area contributed by atoms with Crippen LogP contribution < -0.4 is 10.6 Å². The van der Waals surface area contributed by atoms with Crippen LogP contribution >= 0.6 is 0 Å². The molecule has 1 fully saturated rings. The zero-order valence-corrected chi connectivity index (χ0v) is 12.8. The van der Waals surface area contributed by atoms with Gasteiger partial charge in [0.15, 0.2) is 0 Å². The summed E-state index contributed by atoms with van der Waals surface area (Å²) in [5.74, 6) is 0.981. The highest BCUT2D eigenvalue weighted by atomic mass is 16.2. The van der Waals surface area contributed by atoms with Gasteiger partial charge < -0.3 is 10.6 Å². The van der Waals surface area contributed by atoms with Crippen LogP contribution in [0, 0.1) is 5.92 Å². The van der Waals surface area contributed by atoms with E-state index in [1.807, 2.05) is 18.2 Å². The van der Waals surface area contributed by atoms with Gasteiger partial charge in [0.25, 0.3) is 0 Å². The summed E-state index contributed by atoms with van der Waals surface area (Å²) in [4.78, 5) is 12.2. The van der Waals surface area contributed by atoms with E-state index in [4.69, 9.17) is 0 Å². The van der Waals surface area contributed by atoms with Crippen molar-refractivity contribution in [3.63, 3.8) is 0 Å². The van der Waals surface area contributed by atoms with Gasteiger partial charge in [-0.15, -0.1) is 0 Å². The van der Waals surface area contributed by atoms with Crippen LogP contribution in [0.3, 0.4) is 0 Å². The SMILES string of the molecule is CC(C)c1ccccc1NC(=O)N[C@H]1CCCC[C@@H]1C. The van der Waals surface area contributed by atoms with Gasteiger partial charge in [-0.3, -0.25) is 0 Å². The van der Waals surface area contributed by atoms with Gasteiger partial charge in [-0.25, -0.2) is 4.79 Å². The molecule has 0 aliphatic heterocycles. The molecule has 0 saturated heterocycles. The minimum atomic E-state index is -0.0724. The van der Waals surface area contributed by atoms with Crippen LogP contribution in [0.1, 0.15) is 57.9 Å². The van der Waals surface area contributed by atoms with E-state index in [9.17, 15) is 4.79 Å². The lowest BCUT2D eigenvalue weighted by molar-refractivity contribution is 0.232. The van der Waals surface area contributed by atoms with Crippen LogP contribution in [0.4, 0.5) is 10.5 Å². The molecule has 0 heterocycles. The quantitative estimate of drug-likeness (QED) is 0.836. The third kappa shape index (κ3) is 3.75. The van der Waals surface area contributed by atoms with Crippen molar-refractivity contribution in [2.75, 3.05) is 5.32 Å². The first-order chi connectivity index (χ1) is 9.58. The number of nitrogens with one attached hydrogen (secondary N) is 2. The number of para-hydroxylation sites is 1. The molecule has 20 heavy (non-hydrogen) atoms. The maximum Gasteiger partial charge on any atom is 0.319 e. The second-order valence-electron chi connectivity index (χ2n) is 6.21. The first kappa shape index (κ1) is 14.9. The number of rotatable bonds is 3. The van der Waals surface area contributed by atoms with Gasteiger partial charge in [-0.05, 0) is 36.3 Å². The molecule has 1 saturated carbocycles. The summed E-state index contributed by atoms with van der Waals surface area (Å²) < 4.78 is 0. The number of carbonyl (C=O) groups excluding carboxylic acids is 1. The van der Waals surface area contributed by atoms with Crippen molar-refractivity contribution in [1.29, 1.82) is 0 Å². The third-order valence-electron chi connectivity index (χ3n) is 4.26. The number of hydrogen-bond donors (Lipinski definition) is 2. The molecule has 0 unspecified atom stereocenters. The van der Waals surface area contributed by atoms with Crippen LogP contribution in [0.2, 0.25) is 0 Å². The molecule has 2 atom stereocenters. The lowest BCUT2D eigenvalue weighted by Crippen LogP contribution is -2.43. The molecular formula is C17H26N2O. The highest BCUT2D eigenvalue weighted by Gasteiger charge is 2.23. The Bertz CT molecular complexity index is 456. The van der Waals surface area contributed by atoms with Crippen LogP contribution in [0.5, 0.6) is 0 Å². The van der Waals surface area contributed by atoms with E-state index in [1.165, 1.54) is 24.8 Å². The Balaban J connectivity index is 1.97. The van der Waals surface area contributed by atoms with Gasteiger partial charge in [0.1, 0.15) is 0 Å². The summed E-state index contributed by atoms with van der Waals surface area (Å²) in [7, 11) is 0. The Morgan fingerprint density at radius 2 is 1.90 bits per heavy atom. The molecule has 2 rings (SSSR count). The summed E-state index contributed by atoms with van der Waals surface area (Å²) >= 11 is 0. The van der Waals surface area contributed by atoms with E-state index in [-0.39, 0.29) is 6.03 Å². The molecule has 3 nitrogen and oxygen atoms in total. The molecular weight excluding hydrogens is 248 g/mol. The second kappa shape index (κ2) is 6.78. The minimum absolute atomic E-state index is 0.0724.